The van der Waals surface area contributed by atoms with Crippen molar-refractivity contribution in [1.82, 2.24) is 4.72 Å². The van der Waals surface area contributed by atoms with Crippen molar-refractivity contribution in [1.29, 1.82) is 0 Å². The second-order valence-electron chi connectivity index (χ2n) is 3.86. The van der Waals surface area contributed by atoms with Crippen LogP contribution in [0.15, 0.2) is 41.3 Å². The second-order valence-corrected chi connectivity index (χ2v) is 6.01. The van der Waals surface area contributed by atoms with Gasteiger partial charge in [0.25, 0.3) is 0 Å². The Labute approximate surface area is 108 Å². The second kappa shape index (κ2) is 6.19. The third-order valence-corrected chi connectivity index (χ3v) is 3.79. The lowest BCUT2D eigenvalue weighted by atomic mass is 10.2. The van der Waals surface area contributed by atoms with Gasteiger partial charge in [-0.25, -0.2) is 13.1 Å². The van der Waals surface area contributed by atoms with Crippen LogP contribution in [-0.4, -0.2) is 20.8 Å². The number of alkyl halides is 1. The highest BCUT2D eigenvalue weighted by Crippen LogP contribution is 2.11. The minimum Gasteiger partial charge on any atom is -0.207 e. The quantitative estimate of drug-likeness (QED) is 0.639. The molecular weight excluding hydrogens is 258 g/mol. The lowest BCUT2D eigenvalue weighted by molar-refractivity contribution is 0.584. The maximum absolute atomic E-state index is 11.8. The zero-order chi connectivity index (χ0) is 12.9. The molecule has 1 rings (SSSR count). The van der Waals surface area contributed by atoms with Crippen molar-refractivity contribution in [2.45, 2.75) is 18.2 Å². The van der Waals surface area contributed by atoms with Gasteiger partial charge in [0.1, 0.15) is 0 Å². The molecule has 17 heavy (non-hydrogen) atoms. The fourth-order valence-electron chi connectivity index (χ4n) is 1.25. The SMILES string of the molecule is C=C(C)CNS(=O)(=O)c1ccc(CCCl)cc1. The molecule has 0 bridgehead atoms. The van der Waals surface area contributed by atoms with E-state index < -0.39 is 10.0 Å². The largest absolute Gasteiger partial charge is 0.240 e. The van der Waals surface area contributed by atoms with E-state index in [1.165, 1.54) is 0 Å². The highest BCUT2D eigenvalue weighted by Gasteiger charge is 2.12. The molecule has 94 valence electrons. The maximum Gasteiger partial charge on any atom is 0.240 e. The molecule has 0 atom stereocenters. The number of benzene rings is 1. The molecule has 0 fully saturated rings. The van der Waals surface area contributed by atoms with Gasteiger partial charge in [0.15, 0.2) is 0 Å². The van der Waals surface area contributed by atoms with Crippen LogP contribution in [0.4, 0.5) is 0 Å². The summed E-state index contributed by atoms with van der Waals surface area (Å²) >= 11 is 5.61. The molecule has 0 aliphatic carbocycles. The van der Waals surface area contributed by atoms with Gasteiger partial charge in [0.2, 0.25) is 10.0 Å². The van der Waals surface area contributed by atoms with E-state index in [0.717, 1.165) is 17.6 Å². The molecule has 1 aromatic carbocycles. The van der Waals surface area contributed by atoms with Crippen LogP contribution >= 0.6 is 11.6 Å². The molecule has 0 spiro atoms. The molecule has 0 unspecified atom stereocenters. The molecule has 0 amide bonds. The van der Waals surface area contributed by atoms with Crippen LogP contribution in [-0.2, 0) is 16.4 Å². The first-order chi connectivity index (χ1) is 7.95. The van der Waals surface area contributed by atoms with E-state index >= 15 is 0 Å². The third kappa shape index (κ3) is 4.50. The van der Waals surface area contributed by atoms with Crippen molar-refractivity contribution < 1.29 is 8.42 Å². The lowest BCUT2D eigenvalue weighted by Gasteiger charge is -2.07. The fourth-order valence-corrected chi connectivity index (χ4v) is 2.56. The Morgan fingerprint density at radius 3 is 2.41 bits per heavy atom. The van der Waals surface area contributed by atoms with Gasteiger partial charge in [-0.1, -0.05) is 24.3 Å². The number of hydrogen-bond donors (Lipinski definition) is 1. The van der Waals surface area contributed by atoms with Crippen LogP contribution in [0.25, 0.3) is 0 Å². The van der Waals surface area contributed by atoms with E-state index in [1.807, 2.05) is 0 Å². The summed E-state index contributed by atoms with van der Waals surface area (Å²) in [4.78, 5) is 0.261. The normalized spacial score (nSPS) is 11.4. The summed E-state index contributed by atoms with van der Waals surface area (Å²) in [6.07, 6.45) is 0.737. The lowest BCUT2D eigenvalue weighted by Crippen LogP contribution is -2.25. The van der Waals surface area contributed by atoms with Gasteiger partial charge in [-0.15, -0.1) is 11.6 Å². The van der Waals surface area contributed by atoms with Gasteiger partial charge in [-0.05, 0) is 31.0 Å². The topological polar surface area (TPSA) is 46.2 Å². The predicted molar refractivity (Wildman–Crippen MR) is 70.9 cm³/mol. The van der Waals surface area contributed by atoms with E-state index in [-0.39, 0.29) is 11.4 Å². The summed E-state index contributed by atoms with van der Waals surface area (Å²) in [5.41, 5.74) is 1.80. The van der Waals surface area contributed by atoms with Crippen LogP contribution in [0.5, 0.6) is 0 Å². The summed E-state index contributed by atoms with van der Waals surface area (Å²) in [7, 11) is -3.43. The Morgan fingerprint density at radius 1 is 1.35 bits per heavy atom. The van der Waals surface area contributed by atoms with Crippen molar-refractivity contribution in [3.05, 3.63) is 42.0 Å². The first kappa shape index (κ1) is 14.2. The Balaban J connectivity index is 2.81. The monoisotopic (exact) mass is 273 g/mol. The zero-order valence-electron chi connectivity index (χ0n) is 9.74. The predicted octanol–water partition coefficient (Wildman–Crippen LogP) is 2.32. The van der Waals surface area contributed by atoms with Crippen molar-refractivity contribution in [3.63, 3.8) is 0 Å². The standard InChI is InChI=1S/C12H16ClNO2S/c1-10(2)9-14-17(15,16)12-5-3-11(4-6-12)7-8-13/h3-6,14H,1,7-9H2,2H3. The fraction of sp³-hybridized carbons (Fsp3) is 0.333. The van der Waals surface area contributed by atoms with Crippen LogP contribution in [0.2, 0.25) is 0 Å². The van der Waals surface area contributed by atoms with Crippen LogP contribution in [0, 0.1) is 0 Å². The molecule has 0 radical (unpaired) electrons. The van der Waals surface area contributed by atoms with E-state index in [9.17, 15) is 8.42 Å². The molecule has 0 aliphatic heterocycles. The third-order valence-electron chi connectivity index (χ3n) is 2.18. The number of rotatable bonds is 6. The van der Waals surface area contributed by atoms with Gasteiger partial charge < -0.3 is 0 Å². The molecule has 0 saturated carbocycles. The summed E-state index contributed by atoms with van der Waals surface area (Å²) in [6, 6.07) is 6.72. The van der Waals surface area contributed by atoms with Crippen LogP contribution in [0.3, 0.4) is 0 Å². The van der Waals surface area contributed by atoms with Crippen molar-refractivity contribution in [2.75, 3.05) is 12.4 Å². The Kier molecular flexibility index (Phi) is 5.18. The molecule has 1 N–H and O–H groups in total. The molecule has 0 aromatic heterocycles. The number of hydrogen-bond acceptors (Lipinski definition) is 2. The minimum atomic E-state index is -3.43. The first-order valence-corrected chi connectivity index (χ1v) is 7.26. The summed E-state index contributed by atoms with van der Waals surface area (Å²) in [6.45, 7) is 5.67. The van der Waals surface area contributed by atoms with Crippen LogP contribution in [0.1, 0.15) is 12.5 Å². The van der Waals surface area contributed by atoms with Gasteiger partial charge in [0.05, 0.1) is 4.90 Å². The van der Waals surface area contributed by atoms with Crippen molar-refractivity contribution >= 4 is 21.6 Å². The number of halogens is 1. The smallest absolute Gasteiger partial charge is 0.207 e. The maximum atomic E-state index is 11.8. The minimum absolute atomic E-state index is 0.256. The van der Waals surface area contributed by atoms with Gasteiger partial charge in [-0.2, -0.15) is 0 Å². The molecule has 5 heteroatoms. The average molecular weight is 274 g/mol. The molecular formula is C12H16ClNO2S. The summed E-state index contributed by atoms with van der Waals surface area (Å²) in [5, 5.41) is 0. The van der Waals surface area contributed by atoms with Gasteiger partial charge in [0, 0.05) is 12.4 Å². The molecule has 1 aromatic rings. The summed E-state index contributed by atoms with van der Waals surface area (Å²) in [5.74, 6) is 0.528. The van der Waals surface area contributed by atoms with E-state index in [0.29, 0.717) is 5.88 Å². The number of nitrogens with one attached hydrogen (secondary N) is 1. The van der Waals surface area contributed by atoms with E-state index in [2.05, 4.69) is 11.3 Å². The van der Waals surface area contributed by atoms with Gasteiger partial charge >= 0.3 is 0 Å². The Bertz CT molecular complexity index is 480. The van der Waals surface area contributed by atoms with Crippen molar-refractivity contribution in [3.8, 4) is 0 Å². The number of aryl methyl sites for hydroxylation is 1. The average Bonchev–Trinajstić information content (AvgIpc) is 2.28. The Morgan fingerprint density at radius 2 is 1.94 bits per heavy atom. The molecule has 0 heterocycles. The van der Waals surface area contributed by atoms with Crippen molar-refractivity contribution in [2.24, 2.45) is 0 Å². The Hall–Kier alpha value is -0.840. The highest BCUT2D eigenvalue weighted by atomic mass is 35.5. The first-order valence-electron chi connectivity index (χ1n) is 5.24. The number of sulfonamides is 1. The summed E-state index contributed by atoms with van der Waals surface area (Å²) < 4.78 is 26.1. The zero-order valence-corrected chi connectivity index (χ0v) is 11.3. The van der Waals surface area contributed by atoms with Gasteiger partial charge in [-0.3, -0.25) is 0 Å². The highest BCUT2D eigenvalue weighted by molar-refractivity contribution is 7.89. The van der Waals surface area contributed by atoms with E-state index in [4.69, 9.17) is 11.6 Å². The van der Waals surface area contributed by atoms with E-state index in [1.54, 1.807) is 31.2 Å². The molecule has 3 nitrogen and oxygen atoms in total. The van der Waals surface area contributed by atoms with Crippen LogP contribution < -0.4 is 4.72 Å². The molecule has 0 saturated heterocycles. The molecule has 0 aliphatic rings.